The van der Waals surface area contributed by atoms with E-state index < -0.39 is 12.3 Å². The molecule has 1 N–H and O–H groups in total. The summed E-state index contributed by atoms with van der Waals surface area (Å²) >= 11 is 2.82. The lowest BCUT2D eigenvalue weighted by Gasteiger charge is -2.30. The minimum Gasteiger partial charge on any atom is -0.457 e. The highest BCUT2D eigenvalue weighted by Gasteiger charge is 2.39. The first-order valence-electron chi connectivity index (χ1n) is 12.3. The molecule has 1 aliphatic heterocycles. The Morgan fingerprint density at radius 3 is 2.66 bits per heavy atom. The molecule has 1 atom stereocenters. The van der Waals surface area contributed by atoms with E-state index in [1.807, 2.05) is 6.92 Å². The number of carbonyl (C=O) groups excluding carboxylic acids is 1. The molecule has 1 aliphatic carbocycles. The van der Waals surface area contributed by atoms with Gasteiger partial charge in [0.05, 0.1) is 17.1 Å². The molecule has 1 fully saturated rings. The third-order valence-corrected chi connectivity index (χ3v) is 8.85. The van der Waals surface area contributed by atoms with Crippen molar-refractivity contribution in [3.05, 3.63) is 26.7 Å². The maximum atomic E-state index is 12.8. The predicted octanol–water partition coefficient (Wildman–Crippen LogP) is 4.95. The van der Waals surface area contributed by atoms with Gasteiger partial charge in [-0.1, -0.05) is 11.3 Å². The molecule has 6 nitrogen and oxygen atoms in total. The highest BCUT2D eigenvalue weighted by Crippen LogP contribution is 2.32. The molecule has 3 heterocycles. The van der Waals surface area contributed by atoms with Gasteiger partial charge in [0.25, 0.3) is 5.19 Å². The number of hydrogen-bond donors (Lipinski definition) is 1. The Hall–Kier alpha value is -1.72. The van der Waals surface area contributed by atoms with E-state index in [0.29, 0.717) is 12.3 Å². The molecule has 194 valence electrons. The molecule has 11 heteroatoms. The fourth-order valence-corrected chi connectivity index (χ4v) is 6.57. The lowest BCUT2D eigenvalue weighted by Crippen LogP contribution is -2.38. The number of ether oxygens (including phenoxy) is 1. The molecule has 2 aromatic heterocycles. The third-order valence-electron chi connectivity index (χ3n) is 6.89. The number of aromatic nitrogens is 2. The lowest BCUT2D eigenvalue weighted by molar-refractivity contribution is -0.189. The molecule has 2 aliphatic rings. The van der Waals surface area contributed by atoms with Gasteiger partial charge in [-0.3, -0.25) is 4.79 Å². The molecule has 35 heavy (non-hydrogen) atoms. The van der Waals surface area contributed by atoms with Gasteiger partial charge in [0, 0.05) is 41.5 Å². The number of nitrogens with one attached hydrogen (secondary N) is 1. The van der Waals surface area contributed by atoms with Gasteiger partial charge >= 0.3 is 6.18 Å². The largest absolute Gasteiger partial charge is 0.457 e. The van der Waals surface area contributed by atoms with Crippen LogP contribution < -0.4 is 10.1 Å². The minimum atomic E-state index is -4.38. The van der Waals surface area contributed by atoms with Gasteiger partial charge in [0.15, 0.2) is 6.10 Å². The summed E-state index contributed by atoms with van der Waals surface area (Å²) in [5.41, 5.74) is 0.881. The quantitative estimate of drug-likeness (QED) is 0.523. The molecule has 4 rings (SSSR count). The number of fused-ring (bicyclic) bond motifs is 1. The fraction of sp³-hybridized carbons (Fsp3) is 0.708. The summed E-state index contributed by atoms with van der Waals surface area (Å²) in [6, 6.07) is 0.268. The van der Waals surface area contributed by atoms with Crippen LogP contribution in [0.15, 0.2) is 6.20 Å². The first kappa shape index (κ1) is 26.3. The summed E-state index contributed by atoms with van der Waals surface area (Å²) in [4.78, 5) is 25.4. The van der Waals surface area contributed by atoms with E-state index in [1.165, 1.54) is 11.3 Å². The first-order chi connectivity index (χ1) is 16.7. The van der Waals surface area contributed by atoms with Crippen molar-refractivity contribution in [2.24, 2.45) is 5.92 Å². The number of amides is 1. The monoisotopic (exact) mass is 530 g/mol. The van der Waals surface area contributed by atoms with Gasteiger partial charge in [0.2, 0.25) is 5.91 Å². The predicted molar refractivity (Wildman–Crippen MR) is 131 cm³/mol. The summed E-state index contributed by atoms with van der Waals surface area (Å²) < 4.78 is 43.3. The number of rotatable bonds is 8. The van der Waals surface area contributed by atoms with Crippen molar-refractivity contribution < 1.29 is 22.7 Å². The zero-order valence-corrected chi connectivity index (χ0v) is 21.8. The van der Waals surface area contributed by atoms with Crippen LogP contribution in [0.2, 0.25) is 0 Å². The molecule has 1 unspecified atom stereocenters. The van der Waals surface area contributed by atoms with Crippen molar-refractivity contribution in [1.29, 1.82) is 0 Å². The van der Waals surface area contributed by atoms with Crippen LogP contribution in [0.5, 0.6) is 5.19 Å². The second kappa shape index (κ2) is 11.6. The molecule has 0 spiro atoms. The standard InChI is InChI=1S/C24H33F3N4O2S2/c1-15(24(25,26)27)33-23-30-20-8-11-31(12-9-21(20)35-23)10-7-17-3-5-18(6-4-17)29-22(32)13-19-14-28-16(2)34-19/h14-15,17-18H,3-13H2,1-2H3,(H,29,32)/t15?,17-,18-. The zero-order valence-electron chi connectivity index (χ0n) is 20.2. The van der Waals surface area contributed by atoms with E-state index in [4.69, 9.17) is 4.74 Å². The Kier molecular flexibility index (Phi) is 8.70. The van der Waals surface area contributed by atoms with Crippen molar-refractivity contribution in [3.8, 4) is 5.19 Å². The number of nitrogens with zero attached hydrogens (tertiary/aromatic N) is 3. The SMILES string of the molecule is Cc1ncc(CC(=O)N[C@H]2CC[C@H](CCN3CCc4nc(OC(C)C(F)(F)F)sc4CC3)CC2)s1. The number of carbonyl (C=O) groups is 1. The van der Waals surface area contributed by atoms with E-state index >= 15 is 0 Å². The molecule has 1 amide bonds. The highest BCUT2D eigenvalue weighted by atomic mass is 32.1. The number of thiazole rings is 2. The minimum absolute atomic E-state index is 0.0872. The molecule has 1 saturated carbocycles. The van der Waals surface area contributed by atoms with Gasteiger partial charge < -0.3 is 15.0 Å². The van der Waals surface area contributed by atoms with Crippen LogP contribution in [-0.2, 0) is 24.1 Å². The van der Waals surface area contributed by atoms with Crippen LogP contribution in [0.3, 0.4) is 0 Å². The summed E-state index contributed by atoms with van der Waals surface area (Å²) in [5, 5.41) is 4.30. The van der Waals surface area contributed by atoms with Crippen LogP contribution in [0.4, 0.5) is 13.2 Å². The van der Waals surface area contributed by atoms with Crippen molar-refractivity contribution in [3.63, 3.8) is 0 Å². The molecular formula is C24H33F3N4O2S2. The van der Waals surface area contributed by atoms with Crippen LogP contribution in [0, 0.1) is 12.8 Å². The Morgan fingerprint density at radius 1 is 1.23 bits per heavy atom. The van der Waals surface area contributed by atoms with Crippen molar-refractivity contribution in [1.82, 2.24) is 20.2 Å². The van der Waals surface area contributed by atoms with Crippen LogP contribution in [0.1, 0.15) is 59.5 Å². The Morgan fingerprint density at radius 2 is 1.97 bits per heavy atom. The Labute approximate surface area is 212 Å². The summed E-state index contributed by atoms with van der Waals surface area (Å²) in [5.74, 6) is 0.760. The van der Waals surface area contributed by atoms with Crippen LogP contribution in [0.25, 0.3) is 0 Å². The molecule has 0 radical (unpaired) electrons. The van der Waals surface area contributed by atoms with E-state index in [2.05, 4.69) is 20.2 Å². The van der Waals surface area contributed by atoms with Crippen LogP contribution in [-0.4, -0.2) is 58.7 Å². The summed E-state index contributed by atoms with van der Waals surface area (Å²) in [7, 11) is 0. The maximum absolute atomic E-state index is 12.8. The Bertz CT molecular complexity index is 960. The molecule has 0 aromatic carbocycles. The average Bonchev–Trinajstić information content (AvgIpc) is 3.33. The van der Waals surface area contributed by atoms with E-state index in [0.717, 1.165) is 92.0 Å². The van der Waals surface area contributed by atoms with Gasteiger partial charge in [-0.25, -0.2) is 9.97 Å². The second-order valence-electron chi connectivity index (χ2n) is 9.59. The first-order valence-corrected chi connectivity index (χ1v) is 13.9. The summed E-state index contributed by atoms with van der Waals surface area (Å²) in [6.45, 7) is 5.75. The van der Waals surface area contributed by atoms with Crippen LogP contribution >= 0.6 is 22.7 Å². The number of alkyl halides is 3. The molecular weight excluding hydrogens is 497 g/mol. The molecule has 0 bridgehead atoms. The smallest absolute Gasteiger partial charge is 0.425 e. The Balaban J connectivity index is 1.14. The highest BCUT2D eigenvalue weighted by molar-refractivity contribution is 7.13. The molecule has 2 aromatic rings. The lowest BCUT2D eigenvalue weighted by atomic mass is 9.84. The van der Waals surface area contributed by atoms with Gasteiger partial charge in [-0.05, 0) is 64.8 Å². The van der Waals surface area contributed by atoms with E-state index in [-0.39, 0.29) is 17.1 Å². The third kappa shape index (κ3) is 7.63. The van der Waals surface area contributed by atoms with Crippen molar-refractivity contribution in [2.75, 3.05) is 19.6 Å². The average molecular weight is 531 g/mol. The normalized spacial score (nSPS) is 22.3. The number of hydrogen-bond acceptors (Lipinski definition) is 7. The topological polar surface area (TPSA) is 67.4 Å². The zero-order chi connectivity index (χ0) is 25.0. The van der Waals surface area contributed by atoms with Gasteiger partial charge in [-0.2, -0.15) is 13.2 Å². The number of halogens is 3. The fourth-order valence-electron chi connectivity index (χ4n) is 4.76. The maximum Gasteiger partial charge on any atom is 0.425 e. The second-order valence-corrected chi connectivity index (χ2v) is 12.0. The number of aryl methyl sites for hydroxylation is 1. The van der Waals surface area contributed by atoms with Gasteiger partial charge in [0.1, 0.15) is 0 Å². The molecule has 0 saturated heterocycles. The summed E-state index contributed by atoms with van der Waals surface area (Å²) in [6.07, 6.45) is 2.96. The van der Waals surface area contributed by atoms with Gasteiger partial charge in [-0.15, -0.1) is 11.3 Å². The van der Waals surface area contributed by atoms with E-state index in [1.54, 1.807) is 17.5 Å². The van der Waals surface area contributed by atoms with E-state index in [9.17, 15) is 18.0 Å². The van der Waals surface area contributed by atoms with Crippen molar-refractivity contribution >= 4 is 28.6 Å². The van der Waals surface area contributed by atoms with Crippen molar-refractivity contribution in [2.45, 2.75) is 83.5 Å².